The fourth-order valence-electron chi connectivity index (χ4n) is 1.53. The van der Waals surface area contributed by atoms with Crippen molar-refractivity contribution in [2.24, 2.45) is 0 Å². The predicted molar refractivity (Wildman–Crippen MR) is 54.0 cm³/mol. The third-order valence-electron chi connectivity index (χ3n) is 2.59. The zero-order valence-electron chi connectivity index (χ0n) is 8.59. The van der Waals surface area contributed by atoms with E-state index in [2.05, 4.69) is 0 Å². The van der Waals surface area contributed by atoms with E-state index in [4.69, 9.17) is 22.4 Å². The summed E-state index contributed by atoms with van der Waals surface area (Å²) in [5.41, 5.74) is -1.76. The largest absolute Gasteiger partial charge is 0.390 e. The number of aliphatic hydroxyl groups is 3. The van der Waals surface area contributed by atoms with Crippen molar-refractivity contribution in [3.63, 3.8) is 0 Å². The van der Waals surface area contributed by atoms with Crippen molar-refractivity contribution in [2.75, 3.05) is 6.16 Å². The zero-order valence-corrected chi connectivity index (χ0v) is 9.49. The molecule has 1 rings (SSSR count). The van der Waals surface area contributed by atoms with E-state index in [9.17, 15) is 19.9 Å². The van der Waals surface area contributed by atoms with Gasteiger partial charge < -0.3 is 29.8 Å². The van der Waals surface area contributed by atoms with E-state index in [1.54, 1.807) is 0 Å². The standard InChI is InChI=1S/C7H14BO7P/c1-7(11)5(10)4(15-6(7)8)3(9)2-16(12,13)14/h3-6,9-11H,2H2,1H3,(H2,12,13,14). The van der Waals surface area contributed by atoms with Crippen LogP contribution in [-0.2, 0) is 9.30 Å². The van der Waals surface area contributed by atoms with Gasteiger partial charge in [-0.2, -0.15) is 0 Å². The monoisotopic (exact) mass is 252 g/mol. The molecule has 16 heavy (non-hydrogen) atoms. The zero-order chi connectivity index (χ0) is 12.7. The molecule has 0 bridgehead atoms. The molecule has 1 heterocycles. The Balaban J connectivity index is 2.73. The lowest BCUT2D eigenvalue weighted by Gasteiger charge is -2.26. The number of ether oxygens (including phenoxy) is 1. The molecule has 0 amide bonds. The Morgan fingerprint density at radius 2 is 2.06 bits per heavy atom. The van der Waals surface area contributed by atoms with E-state index >= 15 is 0 Å². The summed E-state index contributed by atoms with van der Waals surface area (Å²) < 4.78 is 15.5. The Morgan fingerprint density at radius 3 is 2.38 bits per heavy atom. The minimum Gasteiger partial charge on any atom is -0.390 e. The third-order valence-corrected chi connectivity index (χ3v) is 3.44. The van der Waals surface area contributed by atoms with Gasteiger partial charge in [-0.3, -0.25) is 4.57 Å². The molecule has 1 aliphatic rings. The van der Waals surface area contributed by atoms with Crippen LogP contribution in [0, 0.1) is 0 Å². The highest BCUT2D eigenvalue weighted by molar-refractivity contribution is 7.51. The maximum Gasteiger partial charge on any atom is 0.328 e. The van der Waals surface area contributed by atoms with Crippen molar-refractivity contribution in [1.29, 1.82) is 0 Å². The SMILES string of the molecule is [B]C1OC(C(O)CP(=O)(O)O)C(O)C1(C)O. The smallest absolute Gasteiger partial charge is 0.328 e. The first-order chi connectivity index (χ1) is 7.05. The second-order valence-electron chi connectivity index (χ2n) is 4.11. The van der Waals surface area contributed by atoms with E-state index in [-0.39, 0.29) is 0 Å². The molecular weight excluding hydrogens is 238 g/mol. The summed E-state index contributed by atoms with van der Waals surface area (Å²) in [5, 5.41) is 28.7. The van der Waals surface area contributed by atoms with Crippen LogP contribution in [0.1, 0.15) is 6.92 Å². The maximum absolute atomic E-state index is 10.7. The van der Waals surface area contributed by atoms with Gasteiger partial charge in [0.2, 0.25) is 0 Å². The summed E-state index contributed by atoms with van der Waals surface area (Å²) >= 11 is 0. The van der Waals surface area contributed by atoms with Crippen molar-refractivity contribution in [3.8, 4) is 0 Å². The molecule has 0 aromatic carbocycles. The summed E-state index contributed by atoms with van der Waals surface area (Å²) in [6, 6.07) is -1.22. The summed E-state index contributed by atoms with van der Waals surface area (Å²) in [4.78, 5) is 17.3. The van der Waals surface area contributed by atoms with Crippen LogP contribution in [0.15, 0.2) is 0 Å². The number of hydrogen-bond acceptors (Lipinski definition) is 5. The highest BCUT2D eigenvalue weighted by Gasteiger charge is 2.52. The topological polar surface area (TPSA) is 127 Å². The van der Waals surface area contributed by atoms with Crippen molar-refractivity contribution < 1.29 is 34.4 Å². The Labute approximate surface area is 93.6 Å². The predicted octanol–water partition coefficient (Wildman–Crippen LogP) is -2.47. The molecule has 0 spiro atoms. The van der Waals surface area contributed by atoms with Crippen molar-refractivity contribution in [2.45, 2.75) is 36.8 Å². The first-order valence-electron chi connectivity index (χ1n) is 4.60. The van der Waals surface area contributed by atoms with Gasteiger partial charge >= 0.3 is 7.60 Å². The van der Waals surface area contributed by atoms with Gasteiger partial charge in [0.05, 0.1) is 12.3 Å². The van der Waals surface area contributed by atoms with Crippen LogP contribution in [0.3, 0.4) is 0 Å². The number of rotatable bonds is 3. The first-order valence-corrected chi connectivity index (χ1v) is 6.39. The molecule has 1 aliphatic heterocycles. The minimum absolute atomic E-state index is 0.864. The van der Waals surface area contributed by atoms with Crippen molar-refractivity contribution in [3.05, 3.63) is 0 Å². The molecular formula is C7H14BO7P. The van der Waals surface area contributed by atoms with Crippen LogP contribution >= 0.6 is 7.60 Å². The Morgan fingerprint density at radius 1 is 1.56 bits per heavy atom. The lowest BCUT2D eigenvalue weighted by atomic mass is 9.81. The molecule has 5 N–H and O–H groups in total. The van der Waals surface area contributed by atoms with Gasteiger partial charge in [-0.15, -0.1) is 0 Å². The molecule has 2 radical (unpaired) electrons. The lowest BCUT2D eigenvalue weighted by molar-refractivity contribution is -0.0614. The summed E-state index contributed by atoms with van der Waals surface area (Å²) in [6.07, 6.45) is -5.30. The summed E-state index contributed by atoms with van der Waals surface area (Å²) in [7, 11) is 0.932. The molecule has 0 aliphatic carbocycles. The molecule has 1 fully saturated rings. The Kier molecular flexibility index (Phi) is 3.87. The third kappa shape index (κ3) is 2.84. The van der Waals surface area contributed by atoms with Crippen molar-refractivity contribution >= 4 is 15.4 Å². The quantitative estimate of drug-likeness (QED) is 0.278. The van der Waals surface area contributed by atoms with Crippen LogP contribution in [-0.4, -0.2) is 69.0 Å². The van der Waals surface area contributed by atoms with Gasteiger partial charge in [0.1, 0.15) is 25.7 Å². The van der Waals surface area contributed by atoms with E-state index in [1.165, 1.54) is 6.92 Å². The molecule has 0 saturated carbocycles. The van der Waals surface area contributed by atoms with Gasteiger partial charge in [0, 0.05) is 6.00 Å². The van der Waals surface area contributed by atoms with E-state index < -0.39 is 43.7 Å². The molecule has 0 aromatic heterocycles. The fourth-order valence-corrected chi connectivity index (χ4v) is 2.23. The first kappa shape index (κ1) is 14.1. The van der Waals surface area contributed by atoms with Crippen LogP contribution in [0.2, 0.25) is 0 Å². The van der Waals surface area contributed by atoms with Gasteiger partial charge in [-0.25, -0.2) is 0 Å². The molecule has 1 saturated heterocycles. The molecule has 5 unspecified atom stereocenters. The number of aliphatic hydroxyl groups excluding tert-OH is 2. The van der Waals surface area contributed by atoms with Gasteiger partial charge in [-0.05, 0) is 6.92 Å². The Bertz CT molecular complexity index is 303. The average Bonchev–Trinajstić information content (AvgIpc) is 2.26. The second kappa shape index (κ2) is 4.38. The summed E-state index contributed by atoms with van der Waals surface area (Å²) in [6.45, 7) is 1.21. The van der Waals surface area contributed by atoms with Crippen LogP contribution in [0.25, 0.3) is 0 Å². The average molecular weight is 252 g/mol. The normalized spacial score (nSPS) is 42.2. The van der Waals surface area contributed by atoms with Crippen LogP contribution < -0.4 is 0 Å². The van der Waals surface area contributed by atoms with Gasteiger partial charge in [-0.1, -0.05) is 0 Å². The fraction of sp³-hybridized carbons (Fsp3) is 1.00. The van der Waals surface area contributed by atoms with Gasteiger partial charge in [0.15, 0.2) is 0 Å². The van der Waals surface area contributed by atoms with Crippen LogP contribution in [0.5, 0.6) is 0 Å². The maximum atomic E-state index is 10.7. The molecule has 9 heteroatoms. The molecule has 92 valence electrons. The van der Waals surface area contributed by atoms with E-state index in [1.807, 2.05) is 0 Å². The van der Waals surface area contributed by atoms with Crippen molar-refractivity contribution in [1.82, 2.24) is 0 Å². The minimum atomic E-state index is -4.43. The van der Waals surface area contributed by atoms with E-state index in [0.29, 0.717) is 0 Å². The highest BCUT2D eigenvalue weighted by atomic mass is 31.2. The molecule has 0 aromatic rings. The summed E-state index contributed by atoms with van der Waals surface area (Å²) in [5.74, 6) is 0. The van der Waals surface area contributed by atoms with Crippen LogP contribution in [0.4, 0.5) is 0 Å². The lowest BCUT2D eigenvalue weighted by Crippen LogP contribution is -2.48. The number of hydrogen-bond donors (Lipinski definition) is 5. The highest BCUT2D eigenvalue weighted by Crippen LogP contribution is 2.39. The van der Waals surface area contributed by atoms with Gasteiger partial charge in [0.25, 0.3) is 0 Å². The second-order valence-corrected chi connectivity index (χ2v) is 5.80. The molecule has 7 nitrogen and oxygen atoms in total. The molecule has 5 atom stereocenters. The Hall–Kier alpha value is 0.0549. The van der Waals surface area contributed by atoms with E-state index in [0.717, 1.165) is 0 Å².